The fraction of sp³-hybridized carbons (Fsp3) is 0.917. The molecule has 0 aliphatic heterocycles. The Morgan fingerprint density at radius 2 is 2.06 bits per heavy atom. The van der Waals surface area contributed by atoms with Gasteiger partial charge in [-0.15, -0.1) is 0 Å². The molecule has 1 fully saturated rings. The van der Waals surface area contributed by atoms with E-state index in [1.54, 1.807) is 0 Å². The lowest BCUT2D eigenvalue weighted by molar-refractivity contribution is -0.119. The normalized spacial score (nSPS) is 25.6. The number of primary amides is 1. The molecule has 0 radical (unpaired) electrons. The molecule has 0 saturated heterocycles. The van der Waals surface area contributed by atoms with Gasteiger partial charge >= 0.3 is 0 Å². The van der Waals surface area contributed by atoms with Crippen molar-refractivity contribution in [1.82, 2.24) is 5.32 Å². The van der Waals surface area contributed by atoms with Crippen LogP contribution >= 0.6 is 0 Å². The minimum absolute atomic E-state index is 0.279. The summed E-state index contributed by atoms with van der Waals surface area (Å²) in [5.41, 5.74) is 5.06. The highest BCUT2D eigenvalue weighted by Gasteiger charge is 2.20. The quantitative estimate of drug-likeness (QED) is 0.688. The number of hydrogen-bond donors (Lipinski definition) is 2. The number of rotatable bonds is 7. The van der Waals surface area contributed by atoms with Gasteiger partial charge in [0.15, 0.2) is 0 Å². The second kappa shape index (κ2) is 7.63. The summed E-state index contributed by atoms with van der Waals surface area (Å²) in [6.07, 6.45) is 6.42. The molecule has 0 aromatic rings. The van der Waals surface area contributed by atoms with Crippen molar-refractivity contribution in [2.45, 2.75) is 57.6 Å². The first-order valence-corrected chi connectivity index (χ1v) is 6.35. The van der Waals surface area contributed by atoms with Gasteiger partial charge in [0.25, 0.3) is 0 Å². The molecule has 1 amide bonds. The fourth-order valence-electron chi connectivity index (χ4n) is 2.11. The first-order valence-electron chi connectivity index (χ1n) is 6.35. The molecule has 4 nitrogen and oxygen atoms in total. The zero-order chi connectivity index (χ0) is 11.8. The van der Waals surface area contributed by atoms with Crippen molar-refractivity contribution < 1.29 is 9.53 Å². The standard InChI is InChI=1S/C12H24N2O2/c1-2-8-14-10-3-5-11(6-4-10)16-9-7-12(13)15/h10-11,14H,2-9H2,1H3,(H2,13,15). The second-order valence-corrected chi connectivity index (χ2v) is 4.51. The zero-order valence-electron chi connectivity index (χ0n) is 10.2. The average molecular weight is 228 g/mol. The maximum atomic E-state index is 10.5. The van der Waals surface area contributed by atoms with Crippen LogP contribution in [-0.4, -0.2) is 31.2 Å². The summed E-state index contributed by atoms with van der Waals surface area (Å²) in [6.45, 7) is 3.77. The summed E-state index contributed by atoms with van der Waals surface area (Å²) < 4.78 is 5.62. The van der Waals surface area contributed by atoms with Crippen LogP contribution in [0.4, 0.5) is 0 Å². The van der Waals surface area contributed by atoms with Gasteiger partial charge in [0.1, 0.15) is 0 Å². The van der Waals surface area contributed by atoms with Gasteiger partial charge in [-0.05, 0) is 38.6 Å². The highest BCUT2D eigenvalue weighted by atomic mass is 16.5. The molecule has 0 spiro atoms. The lowest BCUT2D eigenvalue weighted by Crippen LogP contribution is -2.36. The molecule has 1 rings (SSSR count). The van der Waals surface area contributed by atoms with E-state index in [1.807, 2.05) is 0 Å². The van der Waals surface area contributed by atoms with Crippen molar-refractivity contribution in [3.8, 4) is 0 Å². The van der Waals surface area contributed by atoms with Crippen LogP contribution in [0, 0.1) is 0 Å². The molecule has 1 saturated carbocycles. The molecule has 16 heavy (non-hydrogen) atoms. The number of ether oxygens (including phenoxy) is 1. The lowest BCUT2D eigenvalue weighted by atomic mass is 9.93. The van der Waals surface area contributed by atoms with E-state index < -0.39 is 0 Å². The first kappa shape index (κ1) is 13.5. The molecular formula is C12H24N2O2. The summed E-state index contributed by atoms with van der Waals surface area (Å²) in [4.78, 5) is 10.5. The number of amides is 1. The van der Waals surface area contributed by atoms with Crippen molar-refractivity contribution in [2.24, 2.45) is 5.73 Å². The van der Waals surface area contributed by atoms with Crippen LogP contribution in [0.1, 0.15) is 45.4 Å². The minimum atomic E-state index is -0.279. The summed E-state index contributed by atoms with van der Waals surface area (Å²) in [7, 11) is 0. The Kier molecular flexibility index (Phi) is 6.42. The van der Waals surface area contributed by atoms with Gasteiger partial charge in [-0.1, -0.05) is 6.92 Å². The van der Waals surface area contributed by atoms with Crippen LogP contribution in [0.2, 0.25) is 0 Å². The third-order valence-corrected chi connectivity index (χ3v) is 3.06. The zero-order valence-corrected chi connectivity index (χ0v) is 10.2. The number of carbonyl (C=O) groups is 1. The molecule has 94 valence electrons. The van der Waals surface area contributed by atoms with Crippen molar-refractivity contribution >= 4 is 5.91 Å². The van der Waals surface area contributed by atoms with Crippen molar-refractivity contribution in [1.29, 1.82) is 0 Å². The minimum Gasteiger partial charge on any atom is -0.378 e. The molecule has 0 atom stereocenters. The van der Waals surface area contributed by atoms with Gasteiger partial charge in [-0.25, -0.2) is 0 Å². The topological polar surface area (TPSA) is 64.3 Å². The Balaban J connectivity index is 2.05. The van der Waals surface area contributed by atoms with Crippen LogP contribution in [0.3, 0.4) is 0 Å². The Labute approximate surface area is 97.9 Å². The average Bonchev–Trinajstić information content (AvgIpc) is 2.27. The maximum absolute atomic E-state index is 10.5. The SMILES string of the molecule is CCCNC1CCC(OCCC(N)=O)CC1. The van der Waals surface area contributed by atoms with Gasteiger partial charge < -0.3 is 15.8 Å². The molecule has 1 aliphatic rings. The van der Waals surface area contributed by atoms with Gasteiger partial charge in [-0.3, -0.25) is 4.79 Å². The predicted molar refractivity (Wildman–Crippen MR) is 64.1 cm³/mol. The van der Waals surface area contributed by atoms with E-state index in [0.29, 0.717) is 25.2 Å². The molecule has 1 aliphatic carbocycles. The molecular weight excluding hydrogens is 204 g/mol. The molecule has 4 heteroatoms. The van der Waals surface area contributed by atoms with Crippen LogP contribution in [0.15, 0.2) is 0 Å². The largest absolute Gasteiger partial charge is 0.378 e. The molecule has 0 unspecified atom stereocenters. The van der Waals surface area contributed by atoms with E-state index in [4.69, 9.17) is 10.5 Å². The van der Waals surface area contributed by atoms with Crippen molar-refractivity contribution in [2.75, 3.05) is 13.2 Å². The van der Waals surface area contributed by atoms with Crippen LogP contribution in [0.25, 0.3) is 0 Å². The third kappa shape index (κ3) is 5.47. The predicted octanol–water partition coefficient (Wildman–Crippen LogP) is 1.19. The van der Waals surface area contributed by atoms with Gasteiger partial charge in [0.2, 0.25) is 5.91 Å². The summed E-state index contributed by atoms with van der Waals surface area (Å²) in [5.74, 6) is -0.279. The number of nitrogens with two attached hydrogens (primary N) is 1. The highest BCUT2D eigenvalue weighted by molar-refractivity contribution is 5.73. The van der Waals surface area contributed by atoms with E-state index in [1.165, 1.54) is 19.3 Å². The molecule has 0 aromatic heterocycles. The Hall–Kier alpha value is -0.610. The Morgan fingerprint density at radius 1 is 1.38 bits per heavy atom. The van der Waals surface area contributed by atoms with Gasteiger partial charge in [0, 0.05) is 12.5 Å². The molecule has 3 N–H and O–H groups in total. The van der Waals surface area contributed by atoms with Crippen LogP contribution in [0.5, 0.6) is 0 Å². The molecule has 0 bridgehead atoms. The number of nitrogens with one attached hydrogen (secondary N) is 1. The van der Waals surface area contributed by atoms with Gasteiger partial charge in [-0.2, -0.15) is 0 Å². The third-order valence-electron chi connectivity index (χ3n) is 3.06. The van der Waals surface area contributed by atoms with Crippen molar-refractivity contribution in [3.05, 3.63) is 0 Å². The molecule has 0 heterocycles. The van der Waals surface area contributed by atoms with E-state index in [0.717, 1.165) is 19.4 Å². The Bertz CT molecular complexity index is 201. The van der Waals surface area contributed by atoms with E-state index in [2.05, 4.69) is 12.2 Å². The lowest BCUT2D eigenvalue weighted by Gasteiger charge is -2.29. The summed E-state index contributed by atoms with van der Waals surface area (Å²) >= 11 is 0. The molecule has 0 aromatic carbocycles. The monoisotopic (exact) mass is 228 g/mol. The second-order valence-electron chi connectivity index (χ2n) is 4.51. The van der Waals surface area contributed by atoms with Crippen molar-refractivity contribution in [3.63, 3.8) is 0 Å². The smallest absolute Gasteiger partial charge is 0.219 e. The van der Waals surface area contributed by atoms with E-state index >= 15 is 0 Å². The van der Waals surface area contributed by atoms with Crippen LogP contribution in [-0.2, 0) is 9.53 Å². The maximum Gasteiger partial charge on any atom is 0.219 e. The van der Waals surface area contributed by atoms with E-state index in [-0.39, 0.29) is 5.91 Å². The van der Waals surface area contributed by atoms with Crippen LogP contribution < -0.4 is 11.1 Å². The summed E-state index contributed by atoms with van der Waals surface area (Å²) in [6, 6.07) is 0.663. The summed E-state index contributed by atoms with van der Waals surface area (Å²) in [5, 5.41) is 3.54. The number of hydrogen-bond acceptors (Lipinski definition) is 3. The Morgan fingerprint density at radius 3 is 2.62 bits per heavy atom. The first-order chi connectivity index (χ1) is 7.72. The van der Waals surface area contributed by atoms with E-state index in [9.17, 15) is 4.79 Å². The van der Waals surface area contributed by atoms with Gasteiger partial charge in [0.05, 0.1) is 12.7 Å². The fourth-order valence-corrected chi connectivity index (χ4v) is 2.11. The highest BCUT2D eigenvalue weighted by Crippen LogP contribution is 2.21. The number of carbonyl (C=O) groups excluding carboxylic acids is 1.